The third-order valence-corrected chi connectivity index (χ3v) is 4.92. The van der Waals surface area contributed by atoms with Crippen molar-refractivity contribution in [1.82, 2.24) is 15.0 Å². The van der Waals surface area contributed by atoms with Crippen LogP contribution in [0.5, 0.6) is 0 Å². The largest absolute Gasteiger partial charge is 2.00 e. The van der Waals surface area contributed by atoms with Crippen molar-refractivity contribution in [2.75, 3.05) is 0 Å². The van der Waals surface area contributed by atoms with E-state index in [0.717, 1.165) is 16.7 Å². The third kappa shape index (κ3) is 5.28. The molecule has 0 saturated carbocycles. The van der Waals surface area contributed by atoms with Crippen LogP contribution in [-0.2, 0) is 29.2 Å². The van der Waals surface area contributed by atoms with Crippen LogP contribution in [0, 0.1) is 0 Å². The van der Waals surface area contributed by atoms with E-state index < -0.39 is 5.60 Å². The Bertz CT molecular complexity index is 1100. The first-order chi connectivity index (χ1) is 14.8. The molecule has 0 aliphatic rings. The smallest absolute Gasteiger partial charge is 0.377 e. The molecule has 1 unspecified atom stereocenters. The molecule has 1 heterocycles. The molecule has 0 fully saturated rings. The van der Waals surface area contributed by atoms with Gasteiger partial charge in [-0.25, -0.2) is 28.9 Å². The van der Waals surface area contributed by atoms with E-state index in [0.29, 0.717) is 12.2 Å². The minimum Gasteiger partial charge on any atom is -0.377 e. The second-order valence-electron chi connectivity index (χ2n) is 7.00. The minimum absolute atomic E-state index is 0. The zero-order valence-electron chi connectivity index (χ0n) is 16.9. The molecule has 0 radical (unpaired) electrons. The number of rotatable bonds is 5. The Labute approximate surface area is 193 Å². The average Bonchev–Trinajstić information content (AvgIpc) is 3.59. The van der Waals surface area contributed by atoms with Crippen molar-refractivity contribution in [1.29, 1.82) is 0 Å². The Hall–Kier alpha value is -3.24. The van der Waals surface area contributed by atoms with E-state index in [9.17, 15) is 5.11 Å². The molecule has 1 N–H and O–H groups in total. The maximum absolute atomic E-state index is 11.6. The van der Waals surface area contributed by atoms with Gasteiger partial charge in [-0.1, -0.05) is 65.9 Å². The van der Waals surface area contributed by atoms with Gasteiger partial charge in [0.15, 0.2) is 0 Å². The van der Waals surface area contributed by atoms with Crippen molar-refractivity contribution in [2.45, 2.75) is 12.1 Å². The van der Waals surface area contributed by atoms with Gasteiger partial charge in [0, 0.05) is 0 Å². The van der Waals surface area contributed by atoms with Crippen LogP contribution in [0.1, 0.15) is 22.4 Å². The topological polar surface area (TPSA) is 50.9 Å². The van der Waals surface area contributed by atoms with E-state index >= 15 is 0 Å². The molecule has 5 rings (SSSR count). The van der Waals surface area contributed by atoms with Gasteiger partial charge in [-0.2, -0.15) is 30.3 Å². The van der Waals surface area contributed by atoms with E-state index in [-0.39, 0.29) is 17.1 Å². The molecule has 5 heteroatoms. The first-order valence-electron chi connectivity index (χ1n) is 9.88. The fourth-order valence-electron chi connectivity index (χ4n) is 3.39. The van der Waals surface area contributed by atoms with Gasteiger partial charge in [-0.3, -0.25) is 0 Å². The van der Waals surface area contributed by atoms with Gasteiger partial charge < -0.3 is 5.11 Å². The summed E-state index contributed by atoms with van der Waals surface area (Å²) in [6, 6.07) is 37.3. The van der Waals surface area contributed by atoms with E-state index in [2.05, 4.69) is 10.3 Å². The second-order valence-corrected chi connectivity index (χ2v) is 7.00. The van der Waals surface area contributed by atoms with Crippen LogP contribution in [0.25, 0.3) is 0 Å². The Kier molecular flexibility index (Phi) is 7.74. The Balaban J connectivity index is 0.000000401. The van der Waals surface area contributed by atoms with Gasteiger partial charge in [-0.15, -0.1) is 10.7 Å². The molecular weight excluding hydrogens is 426 g/mol. The monoisotopic (exact) mass is 449 g/mol. The van der Waals surface area contributed by atoms with Crippen LogP contribution in [0.4, 0.5) is 0 Å². The average molecular weight is 449 g/mol. The number of hydrogen-bond acceptors (Lipinski definition) is 3. The fourth-order valence-corrected chi connectivity index (χ4v) is 3.39. The number of aromatic nitrogens is 3. The molecule has 0 amide bonds. The molecule has 31 heavy (non-hydrogen) atoms. The van der Waals surface area contributed by atoms with Gasteiger partial charge in [-0.05, 0) is 11.1 Å². The summed E-state index contributed by atoms with van der Waals surface area (Å²) < 4.78 is 1.75. The van der Waals surface area contributed by atoms with Crippen molar-refractivity contribution in [3.63, 3.8) is 0 Å². The van der Waals surface area contributed by atoms with E-state index in [1.807, 2.05) is 121 Å². The zero-order chi connectivity index (χ0) is 20.7. The maximum atomic E-state index is 11.6. The summed E-state index contributed by atoms with van der Waals surface area (Å²) in [4.78, 5) is 0. The summed E-state index contributed by atoms with van der Waals surface area (Å²) in [6.07, 6.45) is 1.81. The molecule has 1 atom stereocenters. The van der Waals surface area contributed by atoms with Gasteiger partial charge in [0.2, 0.25) is 0 Å². The summed E-state index contributed by atoms with van der Waals surface area (Å²) in [5, 5.41) is 20.1. The molecule has 5 aromatic rings. The SMILES string of the molecule is OC(c1ccccc1)(c1ccc[cH-]1)c1cn(Cc2ccccc2)nn1.[Fe+2].c1cc[cH-]c1. The molecule has 4 aromatic carbocycles. The first kappa shape index (κ1) is 22.4. The van der Waals surface area contributed by atoms with Gasteiger partial charge in [0.25, 0.3) is 0 Å². The predicted octanol–water partition coefficient (Wildman–Crippen LogP) is 4.73. The van der Waals surface area contributed by atoms with Crippen molar-refractivity contribution in [3.8, 4) is 0 Å². The Morgan fingerprint density at radius 2 is 1.48 bits per heavy atom. The molecule has 0 bridgehead atoms. The maximum Gasteiger partial charge on any atom is 2.00 e. The normalized spacial score (nSPS) is 12.2. The number of nitrogens with zero attached hydrogens (tertiary/aromatic N) is 3. The molecule has 156 valence electrons. The van der Waals surface area contributed by atoms with Gasteiger partial charge in [0.05, 0.1) is 12.7 Å². The number of benzene rings is 2. The van der Waals surface area contributed by atoms with E-state index in [1.165, 1.54) is 0 Å². The summed E-state index contributed by atoms with van der Waals surface area (Å²) in [7, 11) is 0. The minimum atomic E-state index is -1.32. The molecule has 4 nitrogen and oxygen atoms in total. The van der Waals surface area contributed by atoms with Crippen molar-refractivity contribution in [2.24, 2.45) is 0 Å². The Morgan fingerprint density at radius 3 is 2.06 bits per heavy atom. The van der Waals surface area contributed by atoms with E-state index in [4.69, 9.17) is 0 Å². The molecule has 0 aliphatic carbocycles. The van der Waals surface area contributed by atoms with Crippen LogP contribution < -0.4 is 0 Å². The number of hydrogen-bond donors (Lipinski definition) is 1. The first-order valence-corrected chi connectivity index (χ1v) is 9.88. The summed E-state index contributed by atoms with van der Waals surface area (Å²) >= 11 is 0. The van der Waals surface area contributed by atoms with Crippen molar-refractivity contribution in [3.05, 3.63) is 144 Å². The molecule has 0 aliphatic heterocycles. The van der Waals surface area contributed by atoms with Crippen molar-refractivity contribution >= 4 is 0 Å². The van der Waals surface area contributed by atoms with E-state index in [1.54, 1.807) is 4.68 Å². The molecule has 0 spiro atoms. The second kappa shape index (κ2) is 10.7. The predicted molar refractivity (Wildman–Crippen MR) is 118 cm³/mol. The van der Waals surface area contributed by atoms with Crippen LogP contribution >= 0.6 is 0 Å². The van der Waals surface area contributed by atoms with Crippen LogP contribution in [0.3, 0.4) is 0 Å². The van der Waals surface area contributed by atoms with Crippen LogP contribution in [0.15, 0.2) is 121 Å². The summed E-state index contributed by atoms with van der Waals surface area (Å²) in [5.41, 5.74) is 1.88. The third-order valence-electron chi connectivity index (χ3n) is 4.92. The van der Waals surface area contributed by atoms with Gasteiger partial charge >= 0.3 is 17.1 Å². The quantitative estimate of drug-likeness (QED) is 0.312. The molecular formula is C26H23FeN3O. The zero-order valence-corrected chi connectivity index (χ0v) is 18.0. The number of aliphatic hydroxyl groups is 1. The Morgan fingerprint density at radius 1 is 0.806 bits per heavy atom. The van der Waals surface area contributed by atoms with Crippen molar-refractivity contribution < 1.29 is 22.2 Å². The standard InChI is InChI=1S/C21H18N3O.C5H5.Fe/c25-21(19-13-7-8-14-19,18-11-5-2-6-12-18)20-16-24(23-22-20)15-17-9-3-1-4-10-17;1-2-4-5-3-1;/h1-14,16,25H,15H2;1-5H;/q2*-1;+2. The fraction of sp³-hybridized carbons (Fsp3) is 0.0769. The van der Waals surface area contributed by atoms with Crippen LogP contribution in [0.2, 0.25) is 0 Å². The van der Waals surface area contributed by atoms with Gasteiger partial charge in [0.1, 0.15) is 11.3 Å². The summed E-state index contributed by atoms with van der Waals surface area (Å²) in [5.74, 6) is 0. The van der Waals surface area contributed by atoms with Crippen LogP contribution in [-0.4, -0.2) is 20.1 Å². The molecule has 1 aromatic heterocycles. The summed E-state index contributed by atoms with van der Waals surface area (Å²) in [6.45, 7) is 0.611. The molecule has 0 saturated heterocycles.